The van der Waals surface area contributed by atoms with Crippen molar-refractivity contribution in [3.8, 4) is 0 Å². The third-order valence-corrected chi connectivity index (χ3v) is 3.77. The summed E-state index contributed by atoms with van der Waals surface area (Å²) in [6.07, 6.45) is 0. The highest BCUT2D eigenvalue weighted by Gasteiger charge is 2.53. The molecule has 1 aromatic carbocycles. The van der Waals surface area contributed by atoms with E-state index in [1.807, 2.05) is 27.7 Å². The molecule has 0 spiro atoms. The van der Waals surface area contributed by atoms with Gasteiger partial charge in [-0.25, -0.2) is 9.18 Å². The fourth-order valence-corrected chi connectivity index (χ4v) is 1.92. The first-order chi connectivity index (χ1) is 8.66. The number of halogens is 1. The van der Waals surface area contributed by atoms with Gasteiger partial charge in [0, 0.05) is 5.46 Å². The molecule has 0 saturated carbocycles. The second-order valence-electron chi connectivity index (χ2n) is 5.59. The van der Waals surface area contributed by atoms with Gasteiger partial charge in [-0.3, -0.25) is 0 Å². The van der Waals surface area contributed by atoms with E-state index >= 15 is 0 Å². The van der Waals surface area contributed by atoms with Crippen molar-refractivity contribution in [2.45, 2.75) is 38.9 Å². The van der Waals surface area contributed by atoms with Crippen molar-refractivity contribution in [3.63, 3.8) is 0 Å². The molecule has 1 saturated heterocycles. The van der Waals surface area contributed by atoms with Crippen molar-refractivity contribution in [2.75, 3.05) is 0 Å². The number of carbonyl (C=O) groups is 1. The summed E-state index contributed by atoms with van der Waals surface area (Å²) in [6.45, 7) is 7.31. The monoisotopic (exact) mass is 266 g/mol. The van der Waals surface area contributed by atoms with Crippen molar-refractivity contribution in [1.29, 1.82) is 0 Å². The predicted octanol–water partition coefficient (Wildman–Crippen LogP) is 1.82. The van der Waals surface area contributed by atoms with Crippen LogP contribution < -0.4 is 5.46 Å². The molecule has 2 rings (SSSR count). The Bertz CT molecular complexity index is 511. The Kier molecular flexibility index (Phi) is 3.19. The molecule has 0 unspecified atom stereocenters. The Hall–Kier alpha value is -1.40. The summed E-state index contributed by atoms with van der Waals surface area (Å²) < 4.78 is 25.3. The summed E-state index contributed by atoms with van der Waals surface area (Å²) in [5.74, 6) is -1.84. The maximum Gasteiger partial charge on any atom is 0.498 e. The Balaban J connectivity index is 2.48. The fraction of sp³-hybridized carbons (Fsp3) is 0.462. The van der Waals surface area contributed by atoms with Crippen molar-refractivity contribution in [3.05, 3.63) is 29.6 Å². The first kappa shape index (κ1) is 14.0. The van der Waals surface area contributed by atoms with Gasteiger partial charge < -0.3 is 14.4 Å². The van der Waals surface area contributed by atoms with Crippen LogP contribution in [-0.4, -0.2) is 29.4 Å². The van der Waals surface area contributed by atoms with Gasteiger partial charge in [0.15, 0.2) is 0 Å². The van der Waals surface area contributed by atoms with Gasteiger partial charge in [-0.05, 0) is 39.8 Å². The van der Waals surface area contributed by atoms with Crippen LogP contribution in [0, 0.1) is 5.82 Å². The Morgan fingerprint density at radius 2 is 1.74 bits per heavy atom. The van der Waals surface area contributed by atoms with Crippen LogP contribution in [-0.2, 0) is 9.31 Å². The number of carboxylic acids is 1. The molecule has 0 bridgehead atoms. The highest BCUT2D eigenvalue weighted by atomic mass is 19.1. The van der Waals surface area contributed by atoms with E-state index in [1.54, 1.807) is 0 Å². The summed E-state index contributed by atoms with van der Waals surface area (Å²) in [5, 5.41) is 9.13. The van der Waals surface area contributed by atoms with Crippen molar-refractivity contribution < 1.29 is 23.6 Å². The van der Waals surface area contributed by atoms with Gasteiger partial charge in [-0.2, -0.15) is 0 Å². The molecule has 0 amide bonds. The zero-order chi connectivity index (χ0) is 14.4. The lowest BCUT2D eigenvalue weighted by Crippen LogP contribution is -2.41. The number of hydrogen-bond donors (Lipinski definition) is 1. The third kappa shape index (κ3) is 2.26. The van der Waals surface area contributed by atoms with E-state index in [-0.39, 0.29) is 11.0 Å². The van der Waals surface area contributed by atoms with E-state index in [9.17, 15) is 9.18 Å². The molecule has 1 aliphatic rings. The van der Waals surface area contributed by atoms with Gasteiger partial charge in [-0.15, -0.1) is 0 Å². The van der Waals surface area contributed by atoms with Crippen LogP contribution in [0.3, 0.4) is 0 Å². The molecule has 102 valence electrons. The van der Waals surface area contributed by atoms with Gasteiger partial charge in [0.1, 0.15) is 5.82 Å². The lowest BCUT2D eigenvalue weighted by atomic mass is 9.75. The molecule has 19 heavy (non-hydrogen) atoms. The first-order valence-corrected chi connectivity index (χ1v) is 6.03. The number of rotatable bonds is 2. The van der Waals surface area contributed by atoms with E-state index in [1.165, 1.54) is 18.2 Å². The van der Waals surface area contributed by atoms with Crippen molar-refractivity contribution in [2.24, 2.45) is 0 Å². The van der Waals surface area contributed by atoms with Crippen LogP contribution in [0.25, 0.3) is 0 Å². The van der Waals surface area contributed by atoms with E-state index in [0.29, 0.717) is 0 Å². The van der Waals surface area contributed by atoms with Crippen molar-refractivity contribution in [1.82, 2.24) is 0 Å². The topological polar surface area (TPSA) is 55.8 Å². The van der Waals surface area contributed by atoms with Crippen LogP contribution in [0.1, 0.15) is 38.1 Å². The van der Waals surface area contributed by atoms with Gasteiger partial charge in [0.25, 0.3) is 0 Å². The molecule has 0 radical (unpaired) electrons. The Labute approximate surface area is 111 Å². The van der Waals surface area contributed by atoms with Crippen molar-refractivity contribution >= 4 is 18.6 Å². The highest BCUT2D eigenvalue weighted by molar-refractivity contribution is 6.63. The summed E-state index contributed by atoms with van der Waals surface area (Å²) in [7, 11) is -1.02. The number of hydrogen-bond acceptors (Lipinski definition) is 3. The standard InChI is InChI=1S/C13H16BFO4/c1-12(2)13(3,4)19-14(18-12)10-8(11(16)17)6-5-7-9(10)15/h5-7H,1-4H3,(H,16,17). The number of aromatic carboxylic acids is 1. The Morgan fingerprint density at radius 1 is 1.21 bits per heavy atom. The van der Waals surface area contributed by atoms with Gasteiger partial charge in [-0.1, -0.05) is 6.07 Å². The molecule has 4 nitrogen and oxygen atoms in total. The lowest BCUT2D eigenvalue weighted by Gasteiger charge is -2.32. The number of carboxylic acid groups (broad SMARTS) is 1. The summed E-state index contributed by atoms with van der Waals surface area (Å²) in [5.41, 5.74) is -1.49. The normalized spacial score (nSPS) is 20.6. The average molecular weight is 266 g/mol. The highest BCUT2D eigenvalue weighted by Crippen LogP contribution is 2.36. The van der Waals surface area contributed by atoms with Crippen LogP contribution >= 0.6 is 0 Å². The van der Waals surface area contributed by atoms with Crippen LogP contribution in [0.4, 0.5) is 4.39 Å². The molecule has 1 heterocycles. The van der Waals surface area contributed by atoms with E-state index in [0.717, 1.165) is 0 Å². The molecule has 1 fully saturated rings. The second kappa shape index (κ2) is 4.32. The van der Waals surface area contributed by atoms with E-state index < -0.39 is 30.1 Å². The maximum absolute atomic E-state index is 13.9. The van der Waals surface area contributed by atoms with E-state index in [2.05, 4.69) is 0 Å². The summed E-state index contributed by atoms with van der Waals surface area (Å²) >= 11 is 0. The molecule has 6 heteroatoms. The SMILES string of the molecule is CC1(C)OB(c2c(F)cccc2C(=O)O)OC1(C)C. The maximum atomic E-state index is 13.9. The van der Waals surface area contributed by atoms with E-state index in [4.69, 9.17) is 14.4 Å². The Morgan fingerprint density at radius 3 is 2.21 bits per heavy atom. The minimum atomic E-state index is -1.20. The van der Waals surface area contributed by atoms with Gasteiger partial charge in [0.2, 0.25) is 0 Å². The second-order valence-corrected chi connectivity index (χ2v) is 5.59. The van der Waals surface area contributed by atoms with Gasteiger partial charge >= 0.3 is 13.1 Å². The molecule has 1 aliphatic heterocycles. The fourth-order valence-electron chi connectivity index (χ4n) is 1.92. The largest absolute Gasteiger partial charge is 0.498 e. The lowest BCUT2D eigenvalue weighted by molar-refractivity contribution is 0.00578. The van der Waals surface area contributed by atoms with Gasteiger partial charge in [0.05, 0.1) is 16.8 Å². The van der Waals surface area contributed by atoms with Crippen LogP contribution in [0.15, 0.2) is 18.2 Å². The molecule has 1 aromatic rings. The minimum Gasteiger partial charge on any atom is -0.478 e. The molecule has 1 N–H and O–H groups in total. The number of benzene rings is 1. The van der Waals surface area contributed by atoms with Crippen LogP contribution in [0.2, 0.25) is 0 Å². The third-order valence-electron chi connectivity index (χ3n) is 3.77. The predicted molar refractivity (Wildman–Crippen MR) is 69.1 cm³/mol. The molecular formula is C13H16BFO4. The summed E-state index contributed by atoms with van der Waals surface area (Å²) in [6, 6.07) is 3.89. The summed E-state index contributed by atoms with van der Waals surface area (Å²) in [4.78, 5) is 11.2. The zero-order valence-electron chi connectivity index (χ0n) is 11.4. The quantitative estimate of drug-likeness (QED) is 0.829. The zero-order valence-corrected chi connectivity index (χ0v) is 11.4. The molecular weight excluding hydrogens is 250 g/mol. The average Bonchev–Trinajstić information content (AvgIpc) is 2.47. The smallest absolute Gasteiger partial charge is 0.478 e. The minimum absolute atomic E-state index is 0.0614. The van der Waals surface area contributed by atoms with Crippen LogP contribution in [0.5, 0.6) is 0 Å². The molecule has 0 aliphatic carbocycles. The molecule has 0 atom stereocenters. The first-order valence-electron chi connectivity index (χ1n) is 6.03. The molecule has 0 aromatic heterocycles.